The molecule has 0 radical (unpaired) electrons. The standard InChI is InChI=1S/C15H18N4O3/c1-21-14-9-13(22-17-14)15(20)19-7-5-18(6-8-19)11-12-3-2-4-16-10-12/h2-4,9-10H,5-8,11H2,1H3. The molecule has 2 aromatic rings. The summed E-state index contributed by atoms with van der Waals surface area (Å²) < 4.78 is 9.93. The van der Waals surface area contributed by atoms with Crippen LogP contribution in [0.3, 0.4) is 0 Å². The summed E-state index contributed by atoms with van der Waals surface area (Å²) in [4.78, 5) is 20.5. The molecule has 0 aromatic carbocycles. The van der Waals surface area contributed by atoms with Crippen molar-refractivity contribution >= 4 is 5.91 Å². The summed E-state index contributed by atoms with van der Waals surface area (Å²) in [5, 5.41) is 3.66. The molecule has 0 spiro atoms. The van der Waals surface area contributed by atoms with Crippen LogP contribution in [-0.4, -0.2) is 59.1 Å². The van der Waals surface area contributed by atoms with Gasteiger partial charge in [0.25, 0.3) is 11.8 Å². The molecule has 22 heavy (non-hydrogen) atoms. The number of amides is 1. The number of carbonyl (C=O) groups is 1. The predicted octanol–water partition coefficient (Wildman–Crippen LogP) is 1.04. The molecule has 7 nitrogen and oxygen atoms in total. The van der Waals surface area contributed by atoms with Gasteiger partial charge in [0, 0.05) is 45.1 Å². The largest absolute Gasteiger partial charge is 0.479 e. The van der Waals surface area contributed by atoms with Crippen molar-refractivity contribution in [1.82, 2.24) is 19.9 Å². The SMILES string of the molecule is COc1cc(C(=O)N2CCN(Cc3cccnc3)CC2)on1. The summed E-state index contributed by atoms with van der Waals surface area (Å²) in [6.07, 6.45) is 3.64. The number of methoxy groups -OCH3 is 1. The van der Waals surface area contributed by atoms with Crippen LogP contribution >= 0.6 is 0 Å². The molecule has 1 aliphatic rings. The number of carbonyl (C=O) groups excluding carboxylic acids is 1. The highest BCUT2D eigenvalue weighted by molar-refractivity contribution is 5.91. The van der Waals surface area contributed by atoms with Crippen molar-refractivity contribution in [3.63, 3.8) is 0 Å². The first kappa shape index (κ1) is 14.5. The third-order valence-electron chi connectivity index (χ3n) is 3.70. The van der Waals surface area contributed by atoms with Gasteiger partial charge in [-0.25, -0.2) is 0 Å². The van der Waals surface area contributed by atoms with E-state index in [1.165, 1.54) is 18.7 Å². The fourth-order valence-corrected chi connectivity index (χ4v) is 2.47. The van der Waals surface area contributed by atoms with Gasteiger partial charge in [0.2, 0.25) is 5.76 Å². The number of hydrogen-bond donors (Lipinski definition) is 0. The lowest BCUT2D eigenvalue weighted by atomic mass is 10.2. The Labute approximate surface area is 128 Å². The smallest absolute Gasteiger partial charge is 0.292 e. The molecule has 2 aromatic heterocycles. The molecule has 7 heteroatoms. The van der Waals surface area contributed by atoms with Crippen LogP contribution in [0.4, 0.5) is 0 Å². The number of rotatable bonds is 4. The average molecular weight is 302 g/mol. The van der Waals surface area contributed by atoms with Crippen LogP contribution in [0.25, 0.3) is 0 Å². The van der Waals surface area contributed by atoms with Gasteiger partial charge in [-0.1, -0.05) is 6.07 Å². The highest BCUT2D eigenvalue weighted by Gasteiger charge is 2.25. The van der Waals surface area contributed by atoms with Crippen LogP contribution < -0.4 is 4.74 Å². The molecule has 116 valence electrons. The lowest BCUT2D eigenvalue weighted by Crippen LogP contribution is -2.48. The monoisotopic (exact) mass is 302 g/mol. The van der Waals surface area contributed by atoms with E-state index < -0.39 is 0 Å². The maximum absolute atomic E-state index is 12.3. The summed E-state index contributed by atoms with van der Waals surface area (Å²) in [6.45, 7) is 3.84. The number of ether oxygens (including phenoxy) is 1. The van der Waals surface area contributed by atoms with E-state index in [4.69, 9.17) is 9.26 Å². The van der Waals surface area contributed by atoms with E-state index in [2.05, 4.69) is 21.1 Å². The number of aromatic nitrogens is 2. The van der Waals surface area contributed by atoms with E-state index in [1.807, 2.05) is 12.3 Å². The van der Waals surface area contributed by atoms with Crippen molar-refractivity contribution < 1.29 is 14.1 Å². The van der Waals surface area contributed by atoms with Crippen molar-refractivity contribution in [1.29, 1.82) is 0 Å². The molecular weight excluding hydrogens is 284 g/mol. The van der Waals surface area contributed by atoms with Gasteiger partial charge >= 0.3 is 0 Å². The Hall–Kier alpha value is -2.41. The van der Waals surface area contributed by atoms with E-state index in [-0.39, 0.29) is 11.7 Å². The summed E-state index contributed by atoms with van der Waals surface area (Å²) in [7, 11) is 1.49. The van der Waals surface area contributed by atoms with Crippen LogP contribution in [0.15, 0.2) is 35.1 Å². The van der Waals surface area contributed by atoms with Crippen LogP contribution in [0.2, 0.25) is 0 Å². The molecule has 1 saturated heterocycles. The first-order chi connectivity index (χ1) is 10.8. The fraction of sp³-hybridized carbons (Fsp3) is 0.400. The molecule has 1 aliphatic heterocycles. The summed E-state index contributed by atoms with van der Waals surface area (Å²) >= 11 is 0. The topological polar surface area (TPSA) is 71.7 Å². The highest BCUT2D eigenvalue weighted by atomic mass is 16.5. The van der Waals surface area contributed by atoms with Gasteiger partial charge in [-0.05, 0) is 16.8 Å². The molecular formula is C15H18N4O3. The molecule has 0 atom stereocenters. The molecule has 3 heterocycles. The number of piperazine rings is 1. The zero-order valence-electron chi connectivity index (χ0n) is 12.4. The molecule has 0 N–H and O–H groups in total. The second-order valence-corrected chi connectivity index (χ2v) is 5.16. The van der Waals surface area contributed by atoms with E-state index in [1.54, 1.807) is 11.1 Å². The maximum Gasteiger partial charge on any atom is 0.292 e. The van der Waals surface area contributed by atoms with E-state index in [9.17, 15) is 4.79 Å². The summed E-state index contributed by atoms with van der Waals surface area (Å²) in [5.74, 6) is 0.396. The Kier molecular flexibility index (Phi) is 4.34. The van der Waals surface area contributed by atoms with Gasteiger partial charge in [0.1, 0.15) is 0 Å². The third kappa shape index (κ3) is 3.25. The average Bonchev–Trinajstić information content (AvgIpc) is 3.05. The van der Waals surface area contributed by atoms with Crippen molar-refractivity contribution in [3.05, 3.63) is 41.9 Å². The summed E-state index contributed by atoms with van der Waals surface area (Å²) in [6, 6.07) is 5.52. The Morgan fingerprint density at radius 2 is 2.18 bits per heavy atom. The fourth-order valence-electron chi connectivity index (χ4n) is 2.47. The zero-order chi connectivity index (χ0) is 15.4. The van der Waals surface area contributed by atoms with Crippen LogP contribution in [0, 0.1) is 0 Å². The normalized spacial score (nSPS) is 15.8. The molecule has 0 aliphatic carbocycles. The molecule has 0 saturated carbocycles. The van der Waals surface area contributed by atoms with Crippen molar-refractivity contribution in [2.45, 2.75) is 6.54 Å². The van der Waals surface area contributed by atoms with E-state index in [0.717, 1.165) is 19.6 Å². The maximum atomic E-state index is 12.3. The van der Waals surface area contributed by atoms with Gasteiger partial charge < -0.3 is 14.2 Å². The van der Waals surface area contributed by atoms with Crippen LogP contribution in [-0.2, 0) is 6.54 Å². The Balaban J connectivity index is 1.54. The minimum atomic E-state index is -0.142. The number of nitrogens with zero attached hydrogens (tertiary/aromatic N) is 4. The Morgan fingerprint density at radius 1 is 1.36 bits per heavy atom. The van der Waals surface area contributed by atoms with Gasteiger partial charge in [0.15, 0.2) is 0 Å². The van der Waals surface area contributed by atoms with Crippen LogP contribution in [0.1, 0.15) is 16.1 Å². The lowest BCUT2D eigenvalue weighted by Gasteiger charge is -2.34. The zero-order valence-corrected chi connectivity index (χ0v) is 12.4. The van der Waals surface area contributed by atoms with Gasteiger partial charge in [0.05, 0.1) is 13.2 Å². The minimum absolute atomic E-state index is 0.142. The Bertz CT molecular complexity index is 621. The Morgan fingerprint density at radius 3 is 2.82 bits per heavy atom. The quantitative estimate of drug-likeness (QED) is 0.840. The van der Waals surface area contributed by atoms with Crippen molar-refractivity contribution in [3.8, 4) is 5.88 Å². The van der Waals surface area contributed by atoms with Gasteiger partial charge in [-0.2, -0.15) is 0 Å². The lowest BCUT2D eigenvalue weighted by molar-refractivity contribution is 0.0588. The molecule has 1 fully saturated rings. The predicted molar refractivity (Wildman–Crippen MR) is 78.5 cm³/mol. The first-order valence-corrected chi connectivity index (χ1v) is 7.17. The second kappa shape index (κ2) is 6.57. The van der Waals surface area contributed by atoms with Crippen molar-refractivity contribution in [2.24, 2.45) is 0 Å². The van der Waals surface area contributed by atoms with Crippen molar-refractivity contribution in [2.75, 3.05) is 33.3 Å². The number of hydrogen-bond acceptors (Lipinski definition) is 6. The minimum Gasteiger partial charge on any atom is -0.479 e. The number of pyridine rings is 1. The second-order valence-electron chi connectivity index (χ2n) is 5.16. The molecule has 0 bridgehead atoms. The molecule has 3 rings (SSSR count). The van der Waals surface area contributed by atoms with Gasteiger partial charge in [-0.3, -0.25) is 14.7 Å². The summed E-state index contributed by atoms with van der Waals surface area (Å²) in [5.41, 5.74) is 1.18. The molecule has 1 amide bonds. The highest BCUT2D eigenvalue weighted by Crippen LogP contribution is 2.15. The van der Waals surface area contributed by atoms with Crippen LogP contribution in [0.5, 0.6) is 5.88 Å². The third-order valence-corrected chi connectivity index (χ3v) is 3.70. The first-order valence-electron chi connectivity index (χ1n) is 7.17. The van der Waals surface area contributed by atoms with E-state index in [0.29, 0.717) is 19.0 Å². The van der Waals surface area contributed by atoms with Gasteiger partial charge in [-0.15, -0.1) is 0 Å². The van der Waals surface area contributed by atoms with E-state index >= 15 is 0 Å². The molecule has 0 unspecified atom stereocenters.